The lowest BCUT2D eigenvalue weighted by Gasteiger charge is -2.35. The number of carbonyl (C=O) groups is 1. The first-order chi connectivity index (χ1) is 8.62. The largest absolute Gasteiger partial charge is 0.460 e. The van der Waals surface area contributed by atoms with Crippen molar-refractivity contribution in [1.82, 2.24) is 0 Å². The van der Waals surface area contributed by atoms with Crippen LogP contribution in [0.2, 0.25) is 0 Å². The van der Waals surface area contributed by atoms with Crippen molar-refractivity contribution in [2.75, 3.05) is 19.8 Å². The van der Waals surface area contributed by atoms with E-state index in [2.05, 4.69) is 0 Å². The van der Waals surface area contributed by atoms with Gasteiger partial charge >= 0.3 is 5.97 Å². The van der Waals surface area contributed by atoms with E-state index in [-0.39, 0.29) is 17.5 Å². The van der Waals surface area contributed by atoms with Crippen molar-refractivity contribution in [1.29, 1.82) is 0 Å². The number of hydrogen-bond acceptors (Lipinski definition) is 4. The lowest BCUT2D eigenvalue weighted by atomic mass is 9.72. The molecule has 0 aromatic rings. The molecule has 0 aromatic heterocycles. The van der Waals surface area contributed by atoms with Crippen LogP contribution in [-0.2, 0) is 14.3 Å². The van der Waals surface area contributed by atoms with Gasteiger partial charge in [0.05, 0.1) is 13.0 Å². The van der Waals surface area contributed by atoms with Crippen LogP contribution in [-0.4, -0.2) is 31.8 Å². The van der Waals surface area contributed by atoms with Crippen LogP contribution in [0.15, 0.2) is 0 Å². The van der Waals surface area contributed by atoms with E-state index in [4.69, 9.17) is 15.2 Å². The van der Waals surface area contributed by atoms with E-state index >= 15 is 0 Å². The van der Waals surface area contributed by atoms with Gasteiger partial charge in [0, 0.05) is 6.61 Å². The molecule has 1 rings (SSSR count). The molecule has 0 bridgehead atoms. The van der Waals surface area contributed by atoms with Gasteiger partial charge in [-0.2, -0.15) is 0 Å². The van der Waals surface area contributed by atoms with Gasteiger partial charge < -0.3 is 15.2 Å². The van der Waals surface area contributed by atoms with E-state index in [1.54, 1.807) is 0 Å². The van der Waals surface area contributed by atoms with Crippen molar-refractivity contribution in [2.24, 2.45) is 11.1 Å². The Labute approximate surface area is 110 Å². The fraction of sp³-hybridized carbons (Fsp3) is 0.929. The number of nitrogens with two attached hydrogens (primary N) is 1. The van der Waals surface area contributed by atoms with Crippen LogP contribution in [0.5, 0.6) is 0 Å². The summed E-state index contributed by atoms with van der Waals surface area (Å²) >= 11 is 0. The number of carbonyl (C=O) groups excluding carboxylic acids is 1. The van der Waals surface area contributed by atoms with Gasteiger partial charge in [0.2, 0.25) is 0 Å². The molecule has 0 heterocycles. The van der Waals surface area contributed by atoms with Crippen LogP contribution in [0.25, 0.3) is 0 Å². The molecule has 1 saturated carbocycles. The maximum atomic E-state index is 11.9. The molecule has 0 amide bonds. The second-order valence-electron chi connectivity index (χ2n) is 5.40. The third-order valence-electron chi connectivity index (χ3n) is 3.76. The molecular formula is C14H27NO3. The first-order valence-corrected chi connectivity index (χ1v) is 7.09. The van der Waals surface area contributed by atoms with E-state index in [9.17, 15) is 4.79 Å². The SMILES string of the molecule is CCOCC(C)OC(=O)CC1(CN)CCCCC1. The molecule has 2 N–H and O–H groups in total. The van der Waals surface area contributed by atoms with Gasteiger partial charge in [0.15, 0.2) is 0 Å². The standard InChI is InChI=1S/C14H27NO3/c1-3-17-10-12(2)18-13(16)9-14(11-15)7-5-4-6-8-14/h12H,3-11,15H2,1-2H3. The number of rotatable bonds is 7. The molecular weight excluding hydrogens is 230 g/mol. The summed E-state index contributed by atoms with van der Waals surface area (Å²) in [7, 11) is 0. The molecule has 18 heavy (non-hydrogen) atoms. The smallest absolute Gasteiger partial charge is 0.306 e. The summed E-state index contributed by atoms with van der Waals surface area (Å²) in [5, 5.41) is 0. The molecule has 1 aliphatic rings. The van der Waals surface area contributed by atoms with Crippen LogP contribution in [0, 0.1) is 5.41 Å². The van der Waals surface area contributed by atoms with Crippen molar-refractivity contribution in [3.8, 4) is 0 Å². The van der Waals surface area contributed by atoms with Gasteiger partial charge in [-0.1, -0.05) is 19.3 Å². The van der Waals surface area contributed by atoms with Crippen LogP contribution in [0.3, 0.4) is 0 Å². The van der Waals surface area contributed by atoms with E-state index in [0.717, 1.165) is 12.8 Å². The summed E-state index contributed by atoms with van der Waals surface area (Å²) in [5.41, 5.74) is 5.85. The van der Waals surface area contributed by atoms with Crippen LogP contribution >= 0.6 is 0 Å². The van der Waals surface area contributed by atoms with Gasteiger partial charge in [-0.05, 0) is 38.6 Å². The molecule has 4 heteroatoms. The number of esters is 1. The van der Waals surface area contributed by atoms with Gasteiger partial charge in [-0.15, -0.1) is 0 Å². The zero-order chi connectivity index (χ0) is 13.4. The summed E-state index contributed by atoms with van der Waals surface area (Å²) in [6.07, 6.45) is 6.02. The molecule has 0 aromatic carbocycles. The maximum Gasteiger partial charge on any atom is 0.306 e. The van der Waals surface area contributed by atoms with Gasteiger partial charge in [-0.25, -0.2) is 0 Å². The minimum absolute atomic E-state index is 0.0132. The van der Waals surface area contributed by atoms with Crippen molar-refractivity contribution >= 4 is 5.97 Å². The molecule has 1 atom stereocenters. The quantitative estimate of drug-likeness (QED) is 0.711. The van der Waals surface area contributed by atoms with Gasteiger partial charge in [0.1, 0.15) is 6.10 Å². The van der Waals surface area contributed by atoms with E-state index < -0.39 is 0 Å². The summed E-state index contributed by atoms with van der Waals surface area (Å²) in [6, 6.07) is 0. The average Bonchev–Trinajstić information content (AvgIpc) is 2.37. The minimum Gasteiger partial charge on any atom is -0.460 e. The van der Waals surface area contributed by atoms with Crippen molar-refractivity contribution in [3.05, 3.63) is 0 Å². The normalized spacial score (nSPS) is 20.4. The molecule has 0 aliphatic heterocycles. The fourth-order valence-electron chi connectivity index (χ4n) is 2.64. The van der Waals surface area contributed by atoms with E-state index in [1.165, 1.54) is 19.3 Å². The first-order valence-electron chi connectivity index (χ1n) is 7.09. The highest BCUT2D eigenvalue weighted by Crippen LogP contribution is 2.38. The second-order valence-corrected chi connectivity index (χ2v) is 5.40. The Morgan fingerprint density at radius 2 is 2.00 bits per heavy atom. The Kier molecular flexibility index (Phi) is 6.65. The number of hydrogen-bond donors (Lipinski definition) is 1. The Morgan fingerprint density at radius 3 is 2.56 bits per heavy atom. The van der Waals surface area contributed by atoms with E-state index in [0.29, 0.717) is 26.2 Å². The Balaban J connectivity index is 2.37. The van der Waals surface area contributed by atoms with Crippen LogP contribution in [0.4, 0.5) is 0 Å². The van der Waals surface area contributed by atoms with Crippen molar-refractivity contribution in [2.45, 2.75) is 58.5 Å². The predicted molar refractivity (Wildman–Crippen MR) is 71.2 cm³/mol. The molecule has 1 fully saturated rings. The fourth-order valence-corrected chi connectivity index (χ4v) is 2.64. The van der Waals surface area contributed by atoms with Crippen LogP contribution < -0.4 is 5.73 Å². The zero-order valence-corrected chi connectivity index (χ0v) is 11.7. The number of ether oxygens (including phenoxy) is 2. The van der Waals surface area contributed by atoms with Gasteiger partial charge in [-0.3, -0.25) is 4.79 Å². The molecule has 1 aliphatic carbocycles. The molecule has 0 radical (unpaired) electrons. The molecule has 106 valence electrons. The first kappa shape index (κ1) is 15.4. The summed E-state index contributed by atoms with van der Waals surface area (Å²) in [6.45, 7) is 5.50. The predicted octanol–water partition coefficient (Wildman–Crippen LogP) is 2.25. The summed E-state index contributed by atoms with van der Waals surface area (Å²) < 4.78 is 10.6. The highest BCUT2D eigenvalue weighted by atomic mass is 16.6. The van der Waals surface area contributed by atoms with Crippen LogP contribution in [0.1, 0.15) is 52.4 Å². The second kappa shape index (κ2) is 7.74. The third kappa shape index (κ3) is 4.94. The lowest BCUT2D eigenvalue weighted by Crippen LogP contribution is -2.36. The van der Waals surface area contributed by atoms with Crippen molar-refractivity contribution < 1.29 is 14.3 Å². The zero-order valence-electron chi connectivity index (χ0n) is 11.7. The Hall–Kier alpha value is -0.610. The molecule has 0 spiro atoms. The highest BCUT2D eigenvalue weighted by Gasteiger charge is 2.33. The molecule has 4 nitrogen and oxygen atoms in total. The van der Waals surface area contributed by atoms with E-state index in [1.807, 2.05) is 13.8 Å². The monoisotopic (exact) mass is 257 g/mol. The maximum absolute atomic E-state index is 11.9. The Bertz CT molecular complexity index is 249. The molecule has 0 saturated heterocycles. The average molecular weight is 257 g/mol. The highest BCUT2D eigenvalue weighted by molar-refractivity contribution is 5.70. The topological polar surface area (TPSA) is 61.5 Å². The Morgan fingerprint density at radius 1 is 1.33 bits per heavy atom. The van der Waals surface area contributed by atoms with Gasteiger partial charge in [0.25, 0.3) is 0 Å². The molecule has 1 unspecified atom stereocenters. The minimum atomic E-state index is -0.170. The third-order valence-corrected chi connectivity index (χ3v) is 3.76. The summed E-state index contributed by atoms with van der Waals surface area (Å²) in [5.74, 6) is -0.130. The summed E-state index contributed by atoms with van der Waals surface area (Å²) in [4.78, 5) is 11.9. The lowest BCUT2D eigenvalue weighted by molar-refractivity contribution is -0.154. The van der Waals surface area contributed by atoms with Crippen molar-refractivity contribution in [3.63, 3.8) is 0 Å².